The van der Waals surface area contributed by atoms with Crippen LogP contribution < -0.4 is 5.32 Å². The number of fused-ring (bicyclic) bond motifs is 1. The quantitative estimate of drug-likeness (QED) is 0.716. The van der Waals surface area contributed by atoms with Gasteiger partial charge in [-0.2, -0.15) is 5.10 Å². The summed E-state index contributed by atoms with van der Waals surface area (Å²) >= 11 is 0. The van der Waals surface area contributed by atoms with E-state index in [0.29, 0.717) is 12.4 Å². The van der Waals surface area contributed by atoms with Crippen LogP contribution in [0.5, 0.6) is 0 Å². The topological polar surface area (TPSA) is 63.1 Å². The lowest BCUT2D eigenvalue weighted by Gasteiger charge is -2.31. The van der Waals surface area contributed by atoms with Gasteiger partial charge in [0.15, 0.2) is 0 Å². The Balaban J connectivity index is 1.44. The smallest absolute Gasteiger partial charge is 0.228 e. The van der Waals surface area contributed by atoms with Crippen LogP contribution in [0.15, 0.2) is 42.9 Å². The van der Waals surface area contributed by atoms with Gasteiger partial charge in [0.1, 0.15) is 12.0 Å². The highest BCUT2D eigenvalue weighted by Gasteiger charge is 2.25. The Morgan fingerprint density at radius 3 is 2.69 bits per heavy atom. The van der Waals surface area contributed by atoms with Gasteiger partial charge in [-0.25, -0.2) is 9.37 Å². The third-order valence-electron chi connectivity index (χ3n) is 5.48. The Hall–Kier alpha value is -2.80. The summed E-state index contributed by atoms with van der Waals surface area (Å²) in [5.41, 5.74) is 2.12. The van der Waals surface area contributed by atoms with Gasteiger partial charge in [0.2, 0.25) is 5.91 Å². The van der Waals surface area contributed by atoms with E-state index in [4.69, 9.17) is 0 Å². The molecular formula is C22H26FN5O. The summed E-state index contributed by atoms with van der Waals surface area (Å²) in [5, 5.41) is 9.22. The van der Waals surface area contributed by atoms with Crippen LogP contribution in [0.2, 0.25) is 0 Å². The fraction of sp³-hybridized carbons (Fsp3) is 0.409. The first-order valence-corrected chi connectivity index (χ1v) is 10.0. The van der Waals surface area contributed by atoms with Crippen molar-refractivity contribution in [3.8, 4) is 11.1 Å². The fourth-order valence-electron chi connectivity index (χ4n) is 3.92. The number of nitrogens with one attached hydrogen (secondary N) is 1. The zero-order chi connectivity index (χ0) is 20.4. The number of carbonyl (C=O) groups is 1. The molecule has 6 nitrogen and oxygen atoms in total. The van der Waals surface area contributed by atoms with E-state index in [2.05, 4.69) is 26.4 Å². The molecule has 3 aromatic rings. The summed E-state index contributed by atoms with van der Waals surface area (Å²) in [6.07, 6.45) is 6.25. The Kier molecular flexibility index (Phi) is 5.58. The van der Waals surface area contributed by atoms with E-state index in [1.54, 1.807) is 17.8 Å². The Labute approximate surface area is 169 Å². The van der Waals surface area contributed by atoms with Gasteiger partial charge in [-0.1, -0.05) is 12.1 Å². The number of piperidine rings is 1. The number of pyridine rings is 1. The zero-order valence-corrected chi connectivity index (χ0v) is 16.8. The summed E-state index contributed by atoms with van der Waals surface area (Å²) in [6, 6.07) is 8.07. The van der Waals surface area contributed by atoms with Crippen molar-refractivity contribution in [1.29, 1.82) is 0 Å². The summed E-state index contributed by atoms with van der Waals surface area (Å²) in [5.74, 6) is 0.499. The van der Waals surface area contributed by atoms with Crippen molar-refractivity contribution in [2.45, 2.75) is 25.9 Å². The Morgan fingerprint density at radius 2 is 2.00 bits per heavy atom. The second-order valence-corrected chi connectivity index (χ2v) is 7.88. The molecule has 1 amide bonds. The van der Waals surface area contributed by atoms with E-state index in [1.807, 2.05) is 37.6 Å². The van der Waals surface area contributed by atoms with Crippen LogP contribution in [0, 0.1) is 5.92 Å². The van der Waals surface area contributed by atoms with Gasteiger partial charge in [-0.15, -0.1) is 0 Å². The van der Waals surface area contributed by atoms with Crippen LogP contribution in [0.3, 0.4) is 0 Å². The van der Waals surface area contributed by atoms with Gasteiger partial charge in [-0.3, -0.25) is 9.48 Å². The SMILES string of the molecule is C[C@H](F)CN1CCC(C(=O)Nc2cc3cc(-c4cnn(C)c4)ccc3cn2)CC1. The van der Waals surface area contributed by atoms with Crippen molar-refractivity contribution in [3.05, 3.63) is 42.9 Å². The Morgan fingerprint density at radius 1 is 1.21 bits per heavy atom. The van der Waals surface area contributed by atoms with E-state index >= 15 is 0 Å². The molecule has 1 fully saturated rings. The monoisotopic (exact) mass is 395 g/mol. The number of carbonyl (C=O) groups excluding carboxylic acids is 1. The van der Waals surface area contributed by atoms with Crippen LogP contribution >= 0.6 is 0 Å². The van der Waals surface area contributed by atoms with Crippen molar-refractivity contribution >= 4 is 22.5 Å². The number of amides is 1. The first-order chi connectivity index (χ1) is 14.0. The molecule has 0 spiro atoms. The third-order valence-corrected chi connectivity index (χ3v) is 5.48. The second-order valence-electron chi connectivity index (χ2n) is 7.88. The molecule has 0 radical (unpaired) electrons. The number of rotatable bonds is 5. The summed E-state index contributed by atoms with van der Waals surface area (Å²) in [7, 11) is 1.89. The standard InChI is InChI=1S/C22H26FN5O/c1-15(23)13-28-7-5-16(6-8-28)22(29)26-21-10-19-9-17(3-4-18(19)11-24-21)20-12-25-27(2)14-20/h3-4,9-12,14-16H,5-8,13H2,1-2H3,(H,24,26,29)/t15-/m0/s1. The summed E-state index contributed by atoms with van der Waals surface area (Å²) in [4.78, 5) is 19.1. The Bertz CT molecular complexity index is 1010. The van der Waals surface area contributed by atoms with Gasteiger partial charge < -0.3 is 10.2 Å². The van der Waals surface area contributed by atoms with Crippen molar-refractivity contribution in [2.24, 2.45) is 13.0 Å². The third kappa shape index (κ3) is 4.62. The molecule has 3 heterocycles. The van der Waals surface area contributed by atoms with Gasteiger partial charge in [-0.05, 0) is 55.9 Å². The first kappa shape index (κ1) is 19.5. The average Bonchev–Trinajstić information content (AvgIpc) is 3.14. The summed E-state index contributed by atoms with van der Waals surface area (Å²) < 4.78 is 14.9. The molecule has 2 aromatic heterocycles. The number of halogens is 1. The number of aryl methyl sites for hydroxylation is 1. The minimum Gasteiger partial charge on any atom is -0.310 e. The number of aromatic nitrogens is 3. The molecule has 0 aliphatic carbocycles. The fourth-order valence-corrected chi connectivity index (χ4v) is 3.92. The molecule has 1 N–H and O–H groups in total. The molecule has 0 bridgehead atoms. The van der Waals surface area contributed by atoms with Crippen LogP contribution in [-0.4, -0.2) is 51.4 Å². The normalized spacial score (nSPS) is 16.8. The largest absolute Gasteiger partial charge is 0.310 e. The molecule has 1 atom stereocenters. The first-order valence-electron chi connectivity index (χ1n) is 10.0. The number of hydrogen-bond acceptors (Lipinski definition) is 4. The van der Waals surface area contributed by atoms with Crippen molar-refractivity contribution < 1.29 is 9.18 Å². The lowest BCUT2D eigenvalue weighted by Crippen LogP contribution is -2.40. The molecule has 1 saturated heterocycles. The highest BCUT2D eigenvalue weighted by atomic mass is 19.1. The van der Waals surface area contributed by atoms with Crippen molar-refractivity contribution in [2.75, 3.05) is 25.0 Å². The molecule has 152 valence electrons. The minimum atomic E-state index is -0.835. The molecule has 1 aliphatic heterocycles. The van der Waals surface area contributed by atoms with E-state index in [1.165, 1.54) is 0 Å². The highest BCUT2D eigenvalue weighted by molar-refractivity contribution is 5.95. The maximum absolute atomic E-state index is 13.2. The van der Waals surface area contributed by atoms with Crippen molar-refractivity contribution in [1.82, 2.24) is 19.7 Å². The van der Waals surface area contributed by atoms with Crippen LogP contribution in [-0.2, 0) is 11.8 Å². The van der Waals surface area contributed by atoms with Crippen molar-refractivity contribution in [3.63, 3.8) is 0 Å². The molecule has 7 heteroatoms. The number of alkyl halides is 1. The van der Waals surface area contributed by atoms with Crippen LogP contribution in [0.25, 0.3) is 21.9 Å². The number of nitrogens with zero attached hydrogens (tertiary/aromatic N) is 4. The van der Waals surface area contributed by atoms with E-state index in [-0.39, 0.29) is 11.8 Å². The van der Waals surface area contributed by atoms with Gasteiger partial charge in [0, 0.05) is 42.9 Å². The maximum Gasteiger partial charge on any atom is 0.228 e. The highest BCUT2D eigenvalue weighted by Crippen LogP contribution is 2.26. The molecule has 1 aromatic carbocycles. The average molecular weight is 395 g/mol. The van der Waals surface area contributed by atoms with E-state index < -0.39 is 6.17 Å². The number of likely N-dealkylation sites (tertiary alicyclic amines) is 1. The van der Waals surface area contributed by atoms with Crippen LogP contribution in [0.1, 0.15) is 19.8 Å². The number of hydrogen-bond donors (Lipinski definition) is 1. The lowest BCUT2D eigenvalue weighted by atomic mass is 9.95. The predicted octanol–water partition coefficient (Wildman–Crippen LogP) is 3.64. The number of anilines is 1. The summed E-state index contributed by atoms with van der Waals surface area (Å²) in [6.45, 7) is 3.53. The zero-order valence-electron chi connectivity index (χ0n) is 16.8. The molecule has 4 rings (SSSR count). The van der Waals surface area contributed by atoms with E-state index in [9.17, 15) is 9.18 Å². The minimum absolute atomic E-state index is 0.00629. The molecule has 0 unspecified atom stereocenters. The van der Waals surface area contributed by atoms with Gasteiger partial charge in [0.05, 0.1) is 6.20 Å². The lowest BCUT2D eigenvalue weighted by molar-refractivity contribution is -0.121. The molecule has 0 saturated carbocycles. The van der Waals surface area contributed by atoms with Gasteiger partial charge >= 0.3 is 0 Å². The predicted molar refractivity (Wildman–Crippen MR) is 112 cm³/mol. The number of benzene rings is 1. The maximum atomic E-state index is 13.2. The second kappa shape index (κ2) is 8.29. The van der Waals surface area contributed by atoms with E-state index in [0.717, 1.165) is 47.8 Å². The van der Waals surface area contributed by atoms with Crippen LogP contribution in [0.4, 0.5) is 10.2 Å². The molecule has 1 aliphatic rings. The molecule has 29 heavy (non-hydrogen) atoms. The molecular weight excluding hydrogens is 369 g/mol. The van der Waals surface area contributed by atoms with Gasteiger partial charge in [0.25, 0.3) is 0 Å².